The second-order valence-electron chi connectivity index (χ2n) is 8.14. The summed E-state index contributed by atoms with van der Waals surface area (Å²) in [6.07, 6.45) is 2.88. The minimum absolute atomic E-state index is 0.185. The highest BCUT2D eigenvalue weighted by Gasteiger charge is 2.16. The van der Waals surface area contributed by atoms with Gasteiger partial charge in [0.1, 0.15) is 27.2 Å². The van der Waals surface area contributed by atoms with E-state index >= 15 is 0 Å². The van der Waals surface area contributed by atoms with Gasteiger partial charge in [0.05, 0.1) is 19.8 Å². The van der Waals surface area contributed by atoms with Gasteiger partial charge in [-0.2, -0.15) is 10.2 Å². The van der Waals surface area contributed by atoms with Crippen molar-refractivity contribution in [2.24, 2.45) is 10.2 Å². The Labute approximate surface area is 225 Å². The van der Waals surface area contributed by atoms with Gasteiger partial charge in [0.15, 0.2) is 0 Å². The number of aromatic hydroxyl groups is 1. The molecule has 194 valence electrons. The van der Waals surface area contributed by atoms with E-state index in [1.54, 1.807) is 36.4 Å². The summed E-state index contributed by atoms with van der Waals surface area (Å²) in [5.41, 5.74) is 4.50. The molecule has 2 rings (SSSR count). The number of benzene rings is 2. The lowest BCUT2D eigenvalue weighted by Crippen LogP contribution is -2.25. The molecule has 0 bridgehead atoms. The number of aryl methyl sites for hydroxylation is 1. The van der Waals surface area contributed by atoms with Crippen molar-refractivity contribution in [1.29, 1.82) is 0 Å². The van der Waals surface area contributed by atoms with E-state index in [9.17, 15) is 5.11 Å². The Morgan fingerprint density at radius 3 is 1.92 bits per heavy atom. The summed E-state index contributed by atoms with van der Waals surface area (Å²) in [4.78, 5) is 1.09. The molecule has 7 nitrogen and oxygen atoms in total. The van der Waals surface area contributed by atoms with Crippen LogP contribution in [0.4, 0.5) is 0 Å². The zero-order valence-corrected chi connectivity index (χ0v) is 23.8. The lowest BCUT2D eigenvalue weighted by atomic mass is 10.0. The van der Waals surface area contributed by atoms with Gasteiger partial charge in [-0.3, -0.25) is 10.0 Å². The number of thiocarbonyl (C=S) groups is 2. The second kappa shape index (κ2) is 13.9. The topological polar surface area (TPSA) is 69.9 Å². The highest BCUT2D eigenvalue weighted by atomic mass is 32.1. The summed E-state index contributed by atoms with van der Waals surface area (Å²) in [5, 5.41) is 22.9. The highest BCUT2D eigenvalue weighted by Crippen LogP contribution is 2.26. The van der Waals surface area contributed by atoms with Crippen molar-refractivity contribution in [3.8, 4) is 17.2 Å². The number of hydrogen-bond acceptors (Lipinski definition) is 7. The van der Waals surface area contributed by atoms with Gasteiger partial charge >= 0.3 is 0 Å². The summed E-state index contributed by atoms with van der Waals surface area (Å²) in [5.74, 6) is 1.54. The van der Waals surface area contributed by atoms with Gasteiger partial charge < -0.3 is 14.6 Å². The van der Waals surface area contributed by atoms with Crippen LogP contribution in [-0.4, -0.2) is 64.8 Å². The SMILES string of the molecule is CC/C(C/C(CC)=N/N(C)C(=S)c1cc(OC)ccc1OC)=N\N(C)C(=S)c1cc(O)ccc1CC. The number of methoxy groups -OCH3 is 2. The highest BCUT2D eigenvalue weighted by molar-refractivity contribution is 7.81. The van der Waals surface area contributed by atoms with Crippen LogP contribution in [0.1, 0.15) is 56.7 Å². The molecule has 0 saturated heterocycles. The van der Waals surface area contributed by atoms with Crippen LogP contribution in [0.25, 0.3) is 0 Å². The first-order chi connectivity index (χ1) is 17.2. The first-order valence-electron chi connectivity index (χ1n) is 11.9. The molecule has 0 unspecified atom stereocenters. The van der Waals surface area contributed by atoms with Gasteiger partial charge in [0, 0.05) is 37.5 Å². The number of phenols is 1. The van der Waals surface area contributed by atoms with E-state index in [4.69, 9.17) is 44.1 Å². The number of nitrogens with zero attached hydrogens (tertiary/aromatic N) is 4. The van der Waals surface area contributed by atoms with E-state index < -0.39 is 0 Å². The first-order valence-corrected chi connectivity index (χ1v) is 12.7. The van der Waals surface area contributed by atoms with Crippen LogP contribution in [0.5, 0.6) is 17.2 Å². The number of hydrazone groups is 2. The van der Waals surface area contributed by atoms with Crippen LogP contribution in [0.15, 0.2) is 46.6 Å². The Morgan fingerprint density at radius 2 is 1.42 bits per heavy atom. The van der Waals surface area contributed by atoms with Crippen molar-refractivity contribution >= 4 is 45.8 Å². The number of hydrogen-bond donors (Lipinski definition) is 1. The summed E-state index contributed by atoms with van der Waals surface area (Å²) < 4.78 is 10.8. The molecule has 9 heteroatoms. The van der Waals surface area contributed by atoms with Crippen molar-refractivity contribution in [2.45, 2.75) is 46.5 Å². The van der Waals surface area contributed by atoms with Gasteiger partial charge in [-0.05, 0) is 55.2 Å². The molecule has 1 N–H and O–H groups in total. The number of rotatable bonds is 11. The normalized spacial score (nSPS) is 11.8. The van der Waals surface area contributed by atoms with Crippen LogP contribution in [0.2, 0.25) is 0 Å². The number of ether oxygens (including phenoxy) is 2. The molecule has 0 amide bonds. The molecule has 0 aliphatic heterocycles. The van der Waals surface area contributed by atoms with Crippen molar-refractivity contribution in [1.82, 2.24) is 10.0 Å². The Morgan fingerprint density at radius 1 is 0.833 bits per heavy atom. The molecule has 0 fully saturated rings. The fourth-order valence-electron chi connectivity index (χ4n) is 3.61. The molecule has 0 spiro atoms. The van der Waals surface area contributed by atoms with Gasteiger partial charge in [-0.25, -0.2) is 0 Å². The molecule has 2 aromatic rings. The lowest BCUT2D eigenvalue weighted by molar-refractivity contribution is 0.401. The third-order valence-corrected chi connectivity index (χ3v) is 6.71. The maximum absolute atomic E-state index is 9.96. The van der Waals surface area contributed by atoms with Gasteiger partial charge in [-0.15, -0.1) is 0 Å². The van der Waals surface area contributed by atoms with E-state index in [1.807, 2.05) is 38.4 Å². The molecule has 0 aromatic heterocycles. The smallest absolute Gasteiger partial charge is 0.133 e. The third-order valence-electron chi connectivity index (χ3n) is 5.74. The standard InChI is InChI=1S/C27H36N4O3S2/c1-8-18-11-12-21(32)16-23(18)26(35)30(4)28-19(9-2)15-20(10-3)29-31(5)27(36)24-17-22(33-6)13-14-25(24)34-7/h11-14,16-17,32H,8-10,15H2,1-7H3/b28-19+,29-20+. The predicted octanol–water partition coefficient (Wildman–Crippen LogP) is 5.81. The Bertz CT molecular complexity index is 1150. The van der Waals surface area contributed by atoms with E-state index in [2.05, 4.69) is 20.8 Å². The molecule has 2 aromatic carbocycles. The predicted molar refractivity (Wildman–Crippen MR) is 156 cm³/mol. The zero-order chi connectivity index (χ0) is 26.8. The maximum atomic E-state index is 9.96. The fourth-order valence-corrected chi connectivity index (χ4v) is 4.05. The summed E-state index contributed by atoms with van der Waals surface area (Å²) in [7, 11) is 6.89. The van der Waals surface area contributed by atoms with Crippen molar-refractivity contribution < 1.29 is 14.6 Å². The third kappa shape index (κ3) is 7.48. The molecule has 0 saturated carbocycles. The van der Waals surface area contributed by atoms with E-state index in [0.717, 1.165) is 47.4 Å². The molecule has 0 atom stereocenters. The molecular formula is C27H36N4O3S2. The largest absolute Gasteiger partial charge is 0.508 e. The minimum atomic E-state index is 0.185. The molecule has 0 aliphatic rings. The quantitative estimate of drug-likeness (QED) is 0.224. The minimum Gasteiger partial charge on any atom is -0.508 e. The summed E-state index contributed by atoms with van der Waals surface area (Å²) in [6, 6.07) is 10.8. The Balaban J connectivity index is 2.26. The monoisotopic (exact) mass is 528 g/mol. The number of phenolic OH excluding ortho intramolecular Hbond substituents is 1. The molecule has 36 heavy (non-hydrogen) atoms. The van der Waals surface area contributed by atoms with Crippen molar-refractivity contribution in [3.63, 3.8) is 0 Å². The fraction of sp³-hybridized carbons (Fsp3) is 0.407. The van der Waals surface area contributed by atoms with Gasteiger partial charge in [0.2, 0.25) is 0 Å². The van der Waals surface area contributed by atoms with Crippen LogP contribution in [0.3, 0.4) is 0 Å². The molecule has 0 aliphatic carbocycles. The Hall–Kier alpha value is -3.04. The van der Waals surface area contributed by atoms with Crippen LogP contribution in [-0.2, 0) is 6.42 Å². The molecule has 0 heterocycles. The molecule has 0 radical (unpaired) electrons. The van der Waals surface area contributed by atoms with Crippen LogP contribution >= 0.6 is 24.4 Å². The van der Waals surface area contributed by atoms with Crippen LogP contribution < -0.4 is 9.47 Å². The van der Waals surface area contributed by atoms with Gasteiger partial charge in [-0.1, -0.05) is 51.3 Å². The summed E-state index contributed by atoms with van der Waals surface area (Å²) in [6.45, 7) is 6.18. The van der Waals surface area contributed by atoms with E-state index in [0.29, 0.717) is 27.9 Å². The second-order valence-corrected chi connectivity index (χ2v) is 8.91. The average molecular weight is 529 g/mol. The van der Waals surface area contributed by atoms with E-state index in [1.165, 1.54) is 0 Å². The van der Waals surface area contributed by atoms with Gasteiger partial charge in [0.25, 0.3) is 0 Å². The average Bonchev–Trinajstić information content (AvgIpc) is 2.90. The summed E-state index contributed by atoms with van der Waals surface area (Å²) >= 11 is 11.4. The molecular weight excluding hydrogens is 492 g/mol. The Kier molecular flexibility index (Phi) is 11.3. The zero-order valence-electron chi connectivity index (χ0n) is 22.2. The van der Waals surface area contributed by atoms with Crippen molar-refractivity contribution in [2.75, 3.05) is 28.3 Å². The van der Waals surface area contributed by atoms with E-state index in [-0.39, 0.29) is 5.75 Å². The lowest BCUT2D eigenvalue weighted by Gasteiger charge is -2.20. The van der Waals surface area contributed by atoms with Crippen molar-refractivity contribution in [3.05, 3.63) is 53.1 Å². The van der Waals surface area contributed by atoms with Crippen LogP contribution in [0, 0.1) is 0 Å². The first kappa shape index (κ1) is 29.2. The maximum Gasteiger partial charge on any atom is 0.133 e.